The molecule has 0 radical (unpaired) electrons. The number of thiazole rings is 1. The summed E-state index contributed by atoms with van der Waals surface area (Å²) >= 11 is 1.04. The van der Waals surface area contributed by atoms with Crippen molar-refractivity contribution in [3.63, 3.8) is 0 Å². The summed E-state index contributed by atoms with van der Waals surface area (Å²) in [5.74, 6) is -3.53. The van der Waals surface area contributed by atoms with Crippen molar-refractivity contribution in [2.45, 2.75) is 36.5 Å². The van der Waals surface area contributed by atoms with Gasteiger partial charge in [-0.1, -0.05) is 6.07 Å². The molecule has 2 aromatic carbocycles. The molecule has 2 fully saturated rings. The number of rotatable bonds is 5. The molecule has 1 saturated heterocycles. The maximum absolute atomic E-state index is 14.6. The van der Waals surface area contributed by atoms with Crippen LogP contribution in [-0.2, 0) is 16.5 Å². The second-order valence-corrected chi connectivity index (χ2v) is 9.71. The molecule has 3 N–H and O–H groups in total. The van der Waals surface area contributed by atoms with Crippen molar-refractivity contribution in [2.75, 3.05) is 13.7 Å². The van der Waals surface area contributed by atoms with Crippen molar-refractivity contribution in [1.29, 1.82) is 0 Å². The average molecular weight is 526 g/mol. The Hall–Kier alpha value is -3.48. The molecule has 2 aliphatic rings. The van der Waals surface area contributed by atoms with Crippen molar-refractivity contribution in [1.82, 2.24) is 20.9 Å². The molecule has 0 bridgehead atoms. The molecular formula is C23H19F5N4O3S. The van der Waals surface area contributed by atoms with Gasteiger partial charge in [-0.25, -0.2) is 18.6 Å². The largest absolute Gasteiger partial charge is 0.497 e. The van der Waals surface area contributed by atoms with E-state index < -0.39 is 52.8 Å². The SMILES string of the molecule is COc1cc(F)c([C@@H]2CNC(=O)[C@H]2NC(=O)NC2(c3nc4c(C(F)(F)F)cccc4s3)CC2)c(F)c1. The van der Waals surface area contributed by atoms with E-state index in [0.29, 0.717) is 22.5 Å². The quantitative estimate of drug-likeness (QED) is 0.435. The van der Waals surface area contributed by atoms with Gasteiger partial charge in [0.1, 0.15) is 28.4 Å². The number of nitrogens with zero attached hydrogens (tertiary/aromatic N) is 1. The Balaban J connectivity index is 1.37. The number of amides is 3. The predicted octanol–water partition coefficient (Wildman–Crippen LogP) is 4.17. The zero-order valence-corrected chi connectivity index (χ0v) is 19.4. The van der Waals surface area contributed by atoms with E-state index in [0.717, 1.165) is 29.5 Å². The molecule has 0 spiro atoms. The van der Waals surface area contributed by atoms with Gasteiger partial charge in [0.15, 0.2) is 0 Å². The summed E-state index contributed by atoms with van der Waals surface area (Å²) in [6, 6.07) is 3.66. The molecule has 0 unspecified atom stereocenters. The minimum atomic E-state index is -4.58. The summed E-state index contributed by atoms with van der Waals surface area (Å²) in [7, 11) is 1.26. The van der Waals surface area contributed by atoms with Crippen LogP contribution in [0.2, 0.25) is 0 Å². The van der Waals surface area contributed by atoms with E-state index in [9.17, 15) is 31.5 Å². The zero-order chi connectivity index (χ0) is 25.8. The molecular weight excluding hydrogens is 507 g/mol. The third kappa shape index (κ3) is 4.21. The van der Waals surface area contributed by atoms with Gasteiger partial charge >= 0.3 is 12.2 Å². The number of alkyl halides is 3. The van der Waals surface area contributed by atoms with Crippen LogP contribution in [0.3, 0.4) is 0 Å². The van der Waals surface area contributed by atoms with Crippen LogP contribution in [0, 0.1) is 11.6 Å². The van der Waals surface area contributed by atoms with E-state index >= 15 is 0 Å². The van der Waals surface area contributed by atoms with E-state index in [4.69, 9.17) is 4.74 Å². The molecule has 13 heteroatoms. The van der Waals surface area contributed by atoms with Crippen LogP contribution in [0.25, 0.3) is 10.2 Å². The molecule has 1 aliphatic carbocycles. The van der Waals surface area contributed by atoms with Gasteiger partial charge in [-0.15, -0.1) is 11.3 Å². The van der Waals surface area contributed by atoms with Gasteiger partial charge < -0.3 is 20.7 Å². The number of fused-ring (bicyclic) bond motifs is 1. The van der Waals surface area contributed by atoms with Gasteiger partial charge in [0, 0.05) is 30.2 Å². The lowest BCUT2D eigenvalue weighted by atomic mass is 9.93. The molecule has 190 valence electrons. The fraction of sp³-hybridized carbons (Fsp3) is 0.348. The standard InChI is InChI=1S/C23H19F5N4O3S/c1-35-10-7-13(24)16(14(25)8-10)11-9-29-19(33)17(11)31-21(34)32-22(5-6-22)20-30-18-12(23(26,27)28)3-2-4-15(18)36-20/h2-4,7-8,11,17H,5-6,9H2,1H3,(H,29,33)(H2,31,32,34)/t11-,17-/m0/s1. The first kappa shape index (κ1) is 24.2. The lowest BCUT2D eigenvalue weighted by molar-refractivity contribution is -0.136. The Kier molecular flexibility index (Phi) is 5.77. The van der Waals surface area contributed by atoms with Crippen molar-refractivity contribution < 1.29 is 36.3 Å². The first-order chi connectivity index (χ1) is 17.0. The summed E-state index contributed by atoms with van der Waals surface area (Å²) in [5.41, 5.74) is -2.42. The number of methoxy groups -OCH3 is 1. The molecule has 36 heavy (non-hydrogen) atoms. The number of hydrogen-bond acceptors (Lipinski definition) is 5. The monoisotopic (exact) mass is 526 g/mol. The van der Waals surface area contributed by atoms with Crippen LogP contribution >= 0.6 is 11.3 Å². The number of halogens is 5. The van der Waals surface area contributed by atoms with E-state index in [1.54, 1.807) is 0 Å². The third-order valence-electron chi connectivity index (χ3n) is 6.36. The third-order valence-corrected chi connectivity index (χ3v) is 7.59. The maximum atomic E-state index is 14.6. The van der Waals surface area contributed by atoms with Crippen LogP contribution in [-0.4, -0.2) is 36.6 Å². The minimum Gasteiger partial charge on any atom is -0.497 e. The molecule has 1 aliphatic heterocycles. The van der Waals surface area contributed by atoms with Gasteiger partial charge in [0.05, 0.1) is 28.4 Å². The van der Waals surface area contributed by atoms with Gasteiger partial charge in [-0.05, 0) is 25.0 Å². The summed E-state index contributed by atoms with van der Waals surface area (Å²) < 4.78 is 74.6. The van der Waals surface area contributed by atoms with E-state index in [1.807, 2.05) is 0 Å². The minimum absolute atomic E-state index is 0.0338. The Morgan fingerprint density at radius 3 is 2.53 bits per heavy atom. The number of benzene rings is 2. The highest BCUT2D eigenvalue weighted by atomic mass is 32.1. The molecule has 1 saturated carbocycles. The van der Waals surface area contributed by atoms with Crippen molar-refractivity contribution >= 4 is 33.5 Å². The van der Waals surface area contributed by atoms with Crippen LogP contribution in [0.5, 0.6) is 5.75 Å². The van der Waals surface area contributed by atoms with Gasteiger partial charge in [-0.3, -0.25) is 4.79 Å². The van der Waals surface area contributed by atoms with E-state index in [-0.39, 0.29) is 23.4 Å². The highest BCUT2D eigenvalue weighted by Crippen LogP contribution is 2.49. The van der Waals surface area contributed by atoms with Gasteiger partial charge in [-0.2, -0.15) is 13.2 Å². The van der Waals surface area contributed by atoms with E-state index in [1.165, 1.54) is 19.2 Å². The Labute approximate surface area is 205 Å². The number of carbonyl (C=O) groups excluding carboxylic acids is 2. The zero-order valence-electron chi connectivity index (χ0n) is 18.6. The van der Waals surface area contributed by atoms with E-state index in [2.05, 4.69) is 20.9 Å². The second kappa shape index (κ2) is 8.57. The molecule has 1 aromatic heterocycles. The molecule has 2 atom stereocenters. The predicted molar refractivity (Wildman–Crippen MR) is 120 cm³/mol. The summed E-state index contributed by atoms with van der Waals surface area (Å²) in [6.07, 6.45) is -3.71. The van der Waals surface area contributed by atoms with Gasteiger partial charge in [0.25, 0.3) is 0 Å². The average Bonchev–Trinajstić information content (AvgIpc) is 3.30. The number of carbonyl (C=O) groups is 2. The lowest BCUT2D eigenvalue weighted by Crippen LogP contribution is -2.50. The van der Waals surface area contributed by atoms with Crippen LogP contribution in [0.1, 0.15) is 34.9 Å². The summed E-state index contributed by atoms with van der Waals surface area (Å²) in [4.78, 5) is 29.4. The summed E-state index contributed by atoms with van der Waals surface area (Å²) in [5, 5.41) is 7.97. The number of nitrogens with one attached hydrogen (secondary N) is 3. The fourth-order valence-electron chi connectivity index (χ4n) is 4.38. The summed E-state index contributed by atoms with van der Waals surface area (Å²) in [6.45, 7) is -0.104. The highest BCUT2D eigenvalue weighted by molar-refractivity contribution is 7.18. The number of urea groups is 1. The second-order valence-electron chi connectivity index (χ2n) is 8.68. The van der Waals surface area contributed by atoms with Crippen molar-refractivity contribution in [2.24, 2.45) is 0 Å². The van der Waals surface area contributed by atoms with Crippen LogP contribution in [0.4, 0.5) is 26.7 Å². The van der Waals surface area contributed by atoms with Crippen LogP contribution < -0.4 is 20.7 Å². The Morgan fingerprint density at radius 2 is 1.92 bits per heavy atom. The normalized spacial score (nSPS) is 20.8. The molecule has 7 nitrogen and oxygen atoms in total. The smallest absolute Gasteiger partial charge is 0.418 e. The molecule has 3 aromatic rings. The highest BCUT2D eigenvalue weighted by Gasteiger charge is 2.50. The van der Waals surface area contributed by atoms with Crippen molar-refractivity contribution in [3.8, 4) is 5.75 Å². The molecule has 3 amide bonds. The fourth-order valence-corrected chi connectivity index (χ4v) is 5.58. The van der Waals surface area contributed by atoms with Gasteiger partial charge in [0.2, 0.25) is 5.91 Å². The number of aromatic nitrogens is 1. The number of ether oxygens (including phenoxy) is 1. The van der Waals surface area contributed by atoms with Crippen molar-refractivity contribution in [3.05, 3.63) is 58.1 Å². The Bertz CT molecular complexity index is 1350. The first-order valence-electron chi connectivity index (χ1n) is 10.9. The molecule has 5 rings (SSSR count). The Morgan fingerprint density at radius 1 is 1.22 bits per heavy atom. The topological polar surface area (TPSA) is 92.4 Å². The molecule has 2 heterocycles. The first-order valence-corrected chi connectivity index (χ1v) is 11.7. The number of hydrogen-bond donors (Lipinski definition) is 3. The number of para-hydroxylation sites is 1. The maximum Gasteiger partial charge on any atom is 0.418 e. The lowest BCUT2D eigenvalue weighted by Gasteiger charge is -2.22. The van der Waals surface area contributed by atoms with Crippen LogP contribution in [0.15, 0.2) is 30.3 Å².